The summed E-state index contributed by atoms with van der Waals surface area (Å²) in [6, 6.07) is 17.9. The molecule has 1 N–H and O–H groups in total. The maximum Gasteiger partial charge on any atom is 0.232 e. The molecule has 1 aliphatic heterocycles. The number of aromatic nitrogens is 3. The number of nitrogens with zero attached hydrogens (tertiary/aromatic N) is 4. The predicted octanol–water partition coefficient (Wildman–Crippen LogP) is 4.98. The van der Waals surface area contributed by atoms with Gasteiger partial charge in [-0.15, -0.1) is 0 Å². The van der Waals surface area contributed by atoms with Gasteiger partial charge in [-0.25, -0.2) is 4.98 Å². The fourth-order valence-electron chi connectivity index (χ4n) is 3.43. The van der Waals surface area contributed by atoms with Gasteiger partial charge in [-0.05, 0) is 60.9 Å². The van der Waals surface area contributed by atoms with Crippen LogP contribution in [0, 0.1) is 5.92 Å². The van der Waals surface area contributed by atoms with Crippen LogP contribution in [-0.4, -0.2) is 33.1 Å². The number of benzene rings is 2. The first kappa shape index (κ1) is 20.6. The maximum absolute atomic E-state index is 12.1. The third-order valence-corrected chi connectivity index (χ3v) is 6.19. The highest BCUT2D eigenvalue weighted by atomic mass is 32.2. The van der Waals surface area contributed by atoms with Crippen molar-refractivity contribution in [1.82, 2.24) is 15.0 Å². The Kier molecular flexibility index (Phi) is 5.81. The number of hydrogen-bond donors (Lipinski definition) is 1. The summed E-state index contributed by atoms with van der Waals surface area (Å²) in [5, 5.41) is 3.81. The molecule has 1 saturated carbocycles. The summed E-state index contributed by atoms with van der Waals surface area (Å²) in [6.07, 6.45) is 4.62. The molecule has 0 radical (unpaired) electrons. The van der Waals surface area contributed by atoms with Crippen LogP contribution in [0.15, 0.2) is 81.3 Å². The average Bonchev–Trinajstić information content (AvgIpc) is 3.58. The van der Waals surface area contributed by atoms with Crippen molar-refractivity contribution in [3.05, 3.63) is 71.8 Å². The lowest BCUT2D eigenvalue weighted by atomic mass is 10.1. The lowest BCUT2D eigenvalue weighted by Gasteiger charge is -2.09. The van der Waals surface area contributed by atoms with Gasteiger partial charge in [0.15, 0.2) is 11.0 Å². The first-order chi connectivity index (χ1) is 15.6. The fraction of sp³-hybridized carbons (Fsp3) is 0.240. The van der Waals surface area contributed by atoms with Gasteiger partial charge in [-0.1, -0.05) is 42.5 Å². The zero-order valence-corrected chi connectivity index (χ0v) is 18.6. The summed E-state index contributed by atoms with van der Waals surface area (Å²) < 4.78 is 0. The molecule has 1 aromatic heterocycles. The molecule has 2 aromatic carbocycles. The number of Topliss-reactive ketones (excluding diaryl/α,β-unsaturated/α-hetero) is 1. The Morgan fingerprint density at radius 1 is 1.03 bits per heavy atom. The molecule has 2 aliphatic rings. The lowest BCUT2D eigenvalue weighted by Crippen LogP contribution is -2.12. The molecule has 0 spiro atoms. The van der Waals surface area contributed by atoms with Crippen molar-refractivity contribution in [1.29, 1.82) is 0 Å². The van der Waals surface area contributed by atoms with Crippen LogP contribution in [0.2, 0.25) is 0 Å². The summed E-state index contributed by atoms with van der Waals surface area (Å²) in [6.45, 7) is 2.74. The predicted molar refractivity (Wildman–Crippen MR) is 127 cm³/mol. The Morgan fingerprint density at radius 2 is 1.81 bits per heavy atom. The quantitative estimate of drug-likeness (QED) is 0.557. The molecule has 0 saturated heterocycles. The van der Waals surface area contributed by atoms with Crippen molar-refractivity contribution in [2.45, 2.75) is 36.2 Å². The number of aliphatic imine (C=N–C) groups is 1. The van der Waals surface area contributed by atoms with Crippen molar-refractivity contribution in [3.8, 4) is 11.4 Å². The average molecular weight is 442 g/mol. The SMILES string of the molecule is CC1=CC(Nc2nc(Sc3ccc(CC(=O)C4CC4)cc3)nc(-c3ccccc3)n2)=NC1. The van der Waals surface area contributed by atoms with Crippen LogP contribution in [0.25, 0.3) is 11.4 Å². The van der Waals surface area contributed by atoms with Crippen LogP contribution >= 0.6 is 11.8 Å². The Hall–Kier alpha value is -3.32. The number of carbonyl (C=O) groups excluding carboxylic acids is 1. The number of ketones is 1. The normalized spacial score (nSPS) is 15.3. The van der Waals surface area contributed by atoms with E-state index in [1.807, 2.05) is 67.6 Å². The molecule has 6 nitrogen and oxygen atoms in total. The van der Waals surface area contributed by atoms with Gasteiger partial charge in [0.25, 0.3) is 0 Å². The number of hydrogen-bond acceptors (Lipinski definition) is 7. The third-order valence-electron chi connectivity index (χ3n) is 5.31. The van der Waals surface area contributed by atoms with E-state index in [9.17, 15) is 4.79 Å². The lowest BCUT2D eigenvalue weighted by molar-refractivity contribution is -0.119. The number of rotatable bonds is 7. The standard InChI is InChI=1S/C25H23N5OS/c1-16-13-22(26-15-16)27-24-28-23(19-5-3-2-4-6-19)29-25(30-24)32-20-11-7-17(8-12-20)14-21(31)18-9-10-18/h2-8,11-13,18H,9-10,14-15H2,1H3,(H,26,27,28,29,30). The Bertz CT molecular complexity index is 1200. The van der Waals surface area contributed by atoms with E-state index < -0.39 is 0 Å². The van der Waals surface area contributed by atoms with Gasteiger partial charge < -0.3 is 5.32 Å². The molecule has 160 valence electrons. The van der Waals surface area contributed by atoms with Crippen LogP contribution < -0.4 is 5.32 Å². The molecular formula is C25H23N5OS. The van der Waals surface area contributed by atoms with Gasteiger partial charge in [0.1, 0.15) is 11.6 Å². The second kappa shape index (κ2) is 9.04. The summed E-state index contributed by atoms with van der Waals surface area (Å²) >= 11 is 1.47. The second-order valence-electron chi connectivity index (χ2n) is 8.11. The number of carbonyl (C=O) groups is 1. The van der Waals surface area contributed by atoms with Gasteiger partial charge in [-0.3, -0.25) is 9.79 Å². The van der Waals surface area contributed by atoms with Crippen molar-refractivity contribution < 1.29 is 4.79 Å². The van der Waals surface area contributed by atoms with E-state index >= 15 is 0 Å². The zero-order valence-electron chi connectivity index (χ0n) is 17.8. The van der Waals surface area contributed by atoms with Crippen LogP contribution in [0.1, 0.15) is 25.3 Å². The first-order valence-corrected chi connectivity index (χ1v) is 11.5. The molecule has 1 fully saturated rings. The highest BCUT2D eigenvalue weighted by Crippen LogP contribution is 2.32. The van der Waals surface area contributed by atoms with Crippen LogP contribution in [-0.2, 0) is 11.2 Å². The molecule has 0 amide bonds. The zero-order chi connectivity index (χ0) is 21.9. The van der Waals surface area contributed by atoms with Gasteiger partial charge in [0.05, 0.1) is 6.54 Å². The molecule has 5 rings (SSSR count). The van der Waals surface area contributed by atoms with Crippen LogP contribution in [0.3, 0.4) is 0 Å². The number of amidine groups is 1. The van der Waals surface area contributed by atoms with Gasteiger partial charge in [0.2, 0.25) is 5.95 Å². The molecule has 3 aromatic rings. The topological polar surface area (TPSA) is 80.1 Å². The van der Waals surface area contributed by atoms with Crippen LogP contribution in [0.4, 0.5) is 5.95 Å². The highest BCUT2D eigenvalue weighted by molar-refractivity contribution is 7.99. The molecule has 7 heteroatoms. The molecule has 2 heterocycles. The van der Waals surface area contributed by atoms with Crippen molar-refractivity contribution in [3.63, 3.8) is 0 Å². The summed E-state index contributed by atoms with van der Waals surface area (Å²) in [7, 11) is 0. The summed E-state index contributed by atoms with van der Waals surface area (Å²) in [4.78, 5) is 31.4. The van der Waals surface area contributed by atoms with E-state index in [2.05, 4.69) is 25.3 Å². The second-order valence-corrected chi connectivity index (χ2v) is 9.15. The Labute approximate surface area is 191 Å². The molecule has 1 aliphatic carbocycles. The molecular weight excluding hydrogens is 418 g/mol. The van der Waals surface area contributed by atoms with E-state index in [4.69, 9.17) is 0 Å². The maximum atomic E-state index is 12.1. The number of nitrogens with one attached hydrogen (secondary N) is 1. The van der Waals surface area contributed by atoms with Crippen molar-refractivity contribution in [2.24, 2.45) is 10.9 Å². The van der Waals surface area contributed by atoms with E-state index in [0.29, 0.717) is 41.6 Å². The van der Waals surface area contributed by atoms with Gasteiger partial charge in [-0.2, -0.15) is 9.97 Å². The van der Waals surface area contributed by atoms with Gasteiger partial charge in [0, 0.05) is 22.8 Å². The fourth-order valence-corrected chi connectivity index (χ4v) is 4.18. The minimum atomic E-state index is 0.291. The highest BCUT2D eigenvalue weighted by Gasteiger charge is 2.29. The molecule has 0 atom stereocenters. The van der Waals surface area contributed by atoms with Crippen molar-refractivity contribution in [2.75, 3.05) is 11.9 Å². The molecule has 0 bridgehead atoms. The monoisotopic (exact) mass is 441 g/mol. The molecule has 32 heavy (non-hydrogen) atoms. The minimum Gasteiger partial charge on any atom is -0.309 e. The third kappa shape index (κ3) is 5.11. The first-order valence-electron chi connectivity index (χ1n) is 10.7. The van der Waals surface area contributed by atoms with Crippen molar-refractivity contribution >= 4 is 29.3 Å². The van der Waals surface area contributed by atoms with Crippen LogP contribution in [0.5, 0.6) is 0 Å². The summed E-state index contributed by atoms with van der Waals surface area (Å²) in [5.74, 6) is 2.48. The molecule has 0 unspecified atom stereocenters. The van der Waals surface area contributed by atoms with E-state index in [1.165, 1.54) is 17.3 Å². The van der Waals surface area contributed by atoms with E-state index in [1.54, 1.807) is 0 Å². The van der Waals surface area contributed by atoms with E-state index in [0.717, 1.165) is 34.7 Å². The number of anilines is 1. The van der Waals surface area contributed by atoms with Gasteiger partial charge >= 0.3 is 0 Å². The smallest absolute Gasteiger partial charge is 0.232 e. The largest absolute Gasteiger partial charge is 0.309 e. The summed E-state index contributed by atoms with van der Waals surface area (Å²) in [5.41, 5.74) is 3.17. The Morgan fingerprint density at radius 3 is 2.50 bits per heavy atom. The minimum absolute atomic E-state index is 0.291. The van der Waals surface area contributed by atoms with E-state index in [-0.39, 0.29) is 0 Å². The Balaban J connectivity index is 1.38.